The average molecular weight is 300 g/mol. The molecule has 1 fully saturated rings. The first-order chi connectivity index (χ1) is 10.3. The first-order valence-corrected chi connectivity index (χ1v) is 8.82. The summed E-state index contributed by atoms with van der Waals surface area (Å²) in [6.07, 6.45) is 4.59. The molecule has 1 N–H and O–H groups in total. The molecule has 1 saturated heterocycles. The van der Waals surface area contributed by atoms with Crippen LogP contribution in [-0.2, 0) is 12.8 Å². The zero-order valence-corrected chi connectivity index (χ0v) is 13.8. The monoisotopic (exact) mass is 300 g/mol. The Labute approximate surface area is 131 Å². The lowest BCUT2D eigenvalue weighted by molar-refractivity contribution is 0.463. The highest BCUT2D eigenvalue weighted by atomic mass is 32.1. The van der Waals surface area contributed by atoms with Crippen molar-refractivity contribution in [3.05, 3.63) is 51.0 Å². The maximum atomic E-state index is 4.83. The molecule has 3 heteroatoms. The van der Waals surface area contributed by atoms with E-state index < -0.39 is 0 Å². The Morgan fingerprint density at radius 3 is 2.76 bits per heavy atom. The molecular formula is C18H24N2S. The summed E-state index contributed by atoms with van der Waals surface area (Å²) in [6, 6.07) is 8.92. The van der Waals surface area contributed by atoms with E-state index in [4.69, 9.17) is 4.98 Å². The standard InChI is InChI=1S/C18H24N2S/c1-3-14-5-4-6-15(11-14)12-17-20-13(2)18(21-17)16-7-9-19-10-8-16/h4-6,11,16,19H,3,7-10,12H2,1-2H3. The summed E-state index contributed by atoms with van der Waals surface area (Å²) < 4.78 is 0. The first kappa shape index (κ1) is 14.7. The maximum absolute atomic E-state index is 4.83. The topological polar surface area (TPSA) is 24.9 Å². The molecule has 2 nitrogen and oxygen atoms in total. The Bertz CT molecular complexity index is 597. The van der Waals surface area contributed by atoms with Gasteiger partial charge < -0.3 is 5.32 Å². The van der Waals surface area contributed by atoms with Crippen molar-refractivity contribution in [2.45, 2.75) is 45.4 Å². The minimum atomic E-state index is 0.722. The van der Waals surface area contributed by atoms with Crippen LogP contribution in [0.1, 0.15) is 52.4 Å². The van der Waals surface area contributed by atoms with Crippen molar-refractivity contribution in [3.63, 3.8) is 0 Å². The SMILES string of the molecule is CCc1cccc(Cc2nc(C)c(C3CCNCC3)s2)c1. The number of piperidine rings is 1. The van der Waals surface area contributed by atoms with Gasteiger partial charge in [0.2, 0.25) is 0 Å². The number of aromatic nitrogens is 1. The van der Waals surface area contributed by atoms with Gasteiger partial charge in [0, 0.05) is 11.3 Å². The Kier molecular flexibility index (Phi) is 4.71. The third kappa shape index (κ3) is 3.53. The van der Waals surface area contributed by atoms with E-state index in [2.05, 4.69) is 43.4 Å². The lowest BCUT2D eigenvalue weighted by atomic mass is 9.96. The minimum absolute atomic E-state index is 0.722. The number of benzene rings is 1. The van der Waals surface area contributed by atoms with Gasteiger partial charge in [0.05, 0.1) is 10.7 Å². The molecule has 112 valence electrons. The summed E-state index contributed by atoms with van der Waals surface area (Å²) in [4.78, 5) is 6.36. The molecular weight excluding hydrogens is 276 g/mol. The minimum Gasteiger partial charge on any atom is -0.317 e. The molecule has 1 aromatic heterocycles. The van der Waals surface area contributed by atoms with E-state index in [1.807, 2.05) is 11.3 Å². The van der Waals surface area contributed by atoms with Crippen molar-refractivity contribution >= 4 is 11.3 Å². The van der Waals surface area contributed by atoms with Crippen molar-refractivity contribution in [2.24, 2.45) is 0 Å². The Hall–Kier alpha value is -1.19. The smallest absolute Gasteiger partial charge is 0.0974 e. The fourth-order valence-corrected chi connectivity index (χ4v) is 4.41. The van der Waals surface area contributed by atoms with Crippen molar-refractivity contribution < 1.29 is 0 Å². The molecule has 2 heterocycles. The molecule has 0 spiro atoms. The molecule has 0 unspecified atom stereocenters. The van der Waals surface area contributed by atoms with Gasteiger partial charge in [0.15, 0.2) is 0 Å². The van der Waals surface area contributed by atoms with Crippen LogP contribution in [0.5, 0.6) is 0 Å². The highest BCUT2D eigenvalue weighted by Crippen LogP contribution is 2.33. The summed E-state index contributed by atoms with van der Waals surface area (Å²) in [7, 11) is 0. The van der Waals surface area contributed by atoms with E-state index >= 15 is 0 Å². The predicted octanol–water partition coefficient (Wildman–Crippen LogP) is 4.07. The lowest BCUT2D eigenvalue weighted by Crippen LogP contribution is -2.26. The van der Waals surface area contributed by atoms with Crippen LogP contribution >= 0.6 is 11.3 Å². The highest BCUT2D eigenvalue weighted by molar-refractivity contribution is 7.11. The normalized spacial score (nSPS) is 16.3. The van der Waals surface area contributed by atoms with Gasteiger partial charge in [-0.3, -0.25) is 0 Å². The van der Waals surface area contributed by atoms with Gasteiger partial charge in [-0.2, -0.15) is 0 Å². The number of rotatable bonds is 4. The molecule has 21 heavy (non-hydrogen) atoms. The molecule has 1 aromatic carbocycles. The van der Waals surface area contributed by atoms with Crippen molar-refractivity contribution in [1.29, 1.82) is 0 Å². The number of hydrogen-bond acceptors (Lipinski definition) is 3. The summed E-state index contributed by atoms with van der Waals surface area (Å²) >= 11 is 1.94. The second kappa shape index (κ2) is 6.71. The fraction of sp³-hybridized carbons (Fsp3) is 0.500. The fourth-order valence-electron chi connectivity index (χ4n) is 3.14. The summed E-state index contributed by atoms with van der Waals surface area (Å²) in [5.74, 6) is 0.722. The number of nitrogens with zero attached hydrogens (tertiary/aromatic N) is 1. The summed E-state index contributed by atoms with van der Waals surface area (Å²) in [5, 5.41) is 4.72. The van der Waals surface area contributed by atoms with Crippen LogP contribution < -0.4 is 5.32 Å². The van der Waals surface area contributed by atoms with Crippen LogP contribution in [0.4, 0.5) is 0 Å². The van der Waals surface area contributed by atoms with E-state index in [-0.39, 0.29) is 0 Å². The largest absolute Gasteiger partial charge is 0.317 e. The molecule has 0 amide bonds. The molecule has 0 bridgehead atoms. The van der Waals surface area contributed by atoms with Gasteiger partial charge in [-0.15, -0.1) is 11.3 Å². The van der Waals surface area contributed by atoms with Crippen LogP contribution in [0.3, 0.4) is 0 Å². The van der Waals surface area contributed by atoms with E-state index in [0.29, 0.717) is 0 Å². The predicted molar refractivity (Wildman–Crippen MR) is 90.3 cm³/mol. The Morgan fingerprint density at radius 2 is 2.00 bits per heavy atom. The van der Waals surface area contributed by atoms with Crippen LogP contribution in [0.2, 0.25) is 0 Å². The van der Waals surface area contributed by atoms with Gasteiger partial charge in [-0.05, 0) is 56.3 Å². The van der Waals surface area contributed by atoms with Gasteiger partial charge in [0.1, 0.15) is 0 Å². The number of thiazole rings is 1. The Morgan fingerprint density at radius 1 is 1.24 bits per heavy atom. The molecule has 2 aromatic rings. The maximum Gasteiger partial charge on any atom is 0.0974 e. The quantitative estimate of drug-likeness (QED) is 0.920. The van der Waals surface area contributed by atoms with E-state index in [1.165, 1.54) is 39.5 Å². The van der Waals surface area contributed by atoms with Crippen molar-refractivity contribution in [1.82, 2.24) is 10.3 Å². The Balaban J connectivity index is 1.76. The van der Waals surface area contributed by atoms with Crippen LogP contribution in [0.15, 0.2) is 24.3 Å². The molecule has 0 radical (unpaired) electrons. The van der Waals surface area contributed by atoms with Crippen LogP contribution in [0, 0.1) is 6.92 Å². The van der Waals surface area contributed by atoms with E-state index in [9.17, 15) is 0 Å². The molecule has 1 aliphatic heterocycles. The molecule has 3 rings (SSSR count). The molecule has 1 aliphatic rings. The van der Waals surface area contributed by atoms with Crippen molar-refractivity contribution in [2.75, 3.05) is 13.1 Å². The molecule has 0 saturated carbocycles. The van der Waals surface area contributed by atoms with Crippen LogP contribution in [0.25, 0.3) is 0 Å². The number of hydrogen-bond donors (Lipinski definition) is 1. The van der Waals surface area contributed by atoms with Crippen molar-refractivity contribution in [3.8, 4) is 0 Å². The number of nitrogens with one attached hydrogen (secondary N) is 1. The van der Waals surface area contributed by atoms with Crippen LogP contribution in [-0.4, -0.2) is 18.1 Å². The third-order valence-corrected chi connectivity index (χ3v) is 5.66. The lowest BCUT2D eigenvalue weighted by Gasteiger charge is -2.21. The molecule has 0 atom stereocenters. The second-order valence-corrected chi connectivity index (χ2v) is 7.05. The molecule has 0 aliphatic carbocycles. The van der Waals surface area contributed by atoms with Gasteiger partial charge in [-0.25, -0.2) is 4.98 Å². The van der Waals surface area contributed by atoms with E-state index in [1.54, 1.807) is 0 Å². The average Bonchev–Trinajstić information content (AvgIpc) is 2.89. The van der Waals surface area contributed by atoms with E-state index in [0.717, 1.165) is 31.8 Å². The zero-order chi connectivity index (χ0) is 14.7. The van der Waals surface area contributed by atoms with Gasteiger partial charge in [-0.1, -0.05) is 31.2 Å². The second-order valence-electron chi connectivity index (χ2n) is 5.93. The highest BCUT2D eigenvalue weighted by Gasteiger charge is 2.20. The first-order valence-electron chi connectivity index (χ1n) is 8.01. The summed E-state index contributed by atoms with van der Waals surface area (Å²) in [6.45, 7) is 6.69. The third-order valence-electron chi connectivity index (χ3n) is 4.34. The zero-order valence-electron chi connectivity index (χ0n) is 13.0. The number of aryl methyl sites for hydroxylation is 2. The summed E-state index contributed by atoms with van der Waals surface area (Å²) in [5.41, 5.74) is 4.06. The van der Waals surface area contributed by atoms with Gasteiger partial charge in [0.25, 0.3) is 0 Å². The van der Waals surface area contributed by atoms with Gasteiger partial charge >= 0.3 is 0 Å².